The highest BCUT2D eigenvalue weighted by Gasteiger charge is 1.94. The zero-order valence-corrected chi connectivity index (χ0v) is 9.75. The Balaban J connectivity index is 3.38. The van der Waals surface area contributed by atoms with Gasteiger partial charge in [0.15, 0.2) is 0 Å². The quantitative estimate of drug-likeness (QED) is 0.559. The summed E-state index contributed by atoms with van der Waals surface area (Å²) in [6, 6.07) is 0. The summed E-state index contributed by atoms with van der Waals surface area (Å²) in [5.41, 5.74) is 0. The first-order chi connectivity index (χ1) is 5.66. The van der Waals surface area contributed by atoms with Crippen LogP contribution in [0.2, 0.25) is 0 Å². The maximum absolute atomic E-state index is 5.34. The van der Waals surface area contributed by atoms with Gasteiger partial charge >= 0.3 is 0 Å². The maximum atomic E-state index is 5.34. The molecule has 0 spiro atoms. The molecule has 1 nitrogen and oxygen atoms in total. The van der Waals surface area contributed by atoms with E-state index in [0.29, 0.717) is 10.3 Å². The molecule has 0 saturated heterocycles. The lowest BCUT2D eigenvalue weighted by atomic mass is 10.1. The Morgan fingerprint density at radius 2 is 2.25 bits per heavy atom. The Hall–Kier alpha value is 0.110. The molecule has 12 heavy (non-hydrogen) atoms. The van der Waals surface area contributed by atoms with Crippen molar-refractivity contribution >= 4 is 33.3 Å². The van der Waals surface area contributed by atoms with Crippen molar-refractivity contribution in [3.63, 3.8) is 0 Å². The average molecular weight is 206 g/mol. The number of thiol groups is 1. The van der Waals surface area contributed by atoms with Gasteiger partial charge in [0.1, 0.15) is 0 Å². The number of hydrogen-bond donors (Lipinski definition) is 1. The van der Waals surface area contributed by atoms with Crippen molar-refractivity contribution in [3.8, 4) is 0 Å². The van der Waals surface area contributed by atoms with Gasteiger partial charge in [0, 0.05) is 0 Å². The van der Waals surface area contributed by atoms with Crippen molar-refractivity contribution in [1.29, 1.82) is 0 Å². The summed E-state index contributed by atoms with van der Waals surface area (Å²) >= 11 is 6.06. The van der Waals surface area contributed by atoms with E-state index in [1.807, 2.05) is 0 Å². The van der Waals surface area contributed by atoms with Gasteiger partial charge in [-0.1, -0.05) is 26.1 Å². The van der Waals surface area contributed by atoms with Crippen molar-refractivity contribution in [2.45, 2.75) is 33.6 Å². The normalized spacial score (nSPS) is 11.7. The van der Waals surface area contributed by atoms with Gasteiger partial charge in [-0.05, 0) is 31.0 Å². The van der Waals surface area contributed by atoms with Crippen LogP contribution in [0.4, 0.5) is 0 Å². The first-order valence-corrected chi connectivity index (χ1v) is 5.73. The summed E-state index contributed by atoms with van der Waals surface area (Å²) in [6.45, 7) is 7.23. The smallest absolute Gasteiger partial charge is 0.211 e. The van der Waals surface area contributed by atoms with Crippen molar-refractivity contribution < 1.29 is 4.74 Å². The minimum atomic E-state index is 0.694. The second kappa shape index (κ2) is 7.74. The molecule has 0 radical (unpaired) electrons. The first-order valence-electron chi connectivity index (χ1n) is 4.36. The van der Waals surface area contributed by atoms with Gasteiger partial charge in [-0.3, -0.25) is 0 Å². The standard InChI is InChI=1S/C9H18OS2/c1-4-7-12-9(11)10-6-5-8(2)3/h7-8,12H,4-6H2,1-3H3. The lowest BCUT2D eigenvalue weighted by Gasteiger charge is -2.05. The predicted molar refractivity (Wildman–Crippen MR) is 63.3 cm³/mol. The van der Waals surface area contributed by atoms with Crippen LogP contribution in [0.3, 0.4) is 0 Å². The largest absolute Gasteiger partial charge is 0.479 e. The molecule has 0 saturated carbocycles. The molecule has 0 aromatic heterocycles. The second-order valence-electron chi connectivity index (χ2n) is 3.02. The Kier molecular flexibility index (Phi) is 7.81. The number of thiocarbonyl (C=S) groups is 1. The topological polar surface area (TPSA) is 9.23 Å². The average Bonchev–Trinajstić information content (AvgIpc) is 2.00. The summed E-state index contributed by atoms with van der Waals surface area (Å²) in [5, 5.41) is 2.11. The Morgan fingerprint density at radius 3 is 2.75 bits per heavy atom. The summed E-state index contributed by atoms with van der Waals surface area (Å²) < 4.78 is 6.05. The van der Waals surface area contributed by atoms with Crippen LogP contribution in [-0.2, 0) is 4.74 Å². The summed E-state index contributed by atoms with van der Waals surface area (Å²) in [5.74, 6) is 0.694. The lowest BCUT2D eigenvalue weighted by Crippen LogP contribution is -2.00. The minimum absolute atomic E-state index is 0.694. The molecule has 72 valence electrons. The summed E-state index contributed by atoms with van der Waals surface area (Å²) in [6.07, 6.45) is 2.14. The van der Waals surface area contributed by atoms with Gasteiger partial charge < -0.3 is 4.74 Å². The van der Waals surface area contributed by atoms with Crippen molar-refractivity contribution in [2.75, 3.05) is 6.61 Å². The van der Waals surface area contributed by atoms with Gasteiger partial charge in [0.25, 0.3) is 0 Å². The monoisotopic (exact) mass is 206 g/mol. The summed E-state index contributed by atoms with van der Waals surface area (Å²) in [4.78, 5) is 0. The molecular weight excluding hydrogens is 188 g/mol. The van der Waals surface area contributed by atoms with Crippen LogP contribution < -0.4 is 0 Å². The Morgan fingerprint density at radius 1 is 1.58 bits per heavy atom. The molecule has 0 rings (SSSR count). The van der Waals surface area contributed by atoms with E-state index in [1.165, 1.54) is 0 Å². The molecule has 0 N–H and O–H groups in total. The van der Waals surface area contributed by atoms with Crippen LogP contribution in [0.15, 0.2) is 0 Å². The fourth-order valence-electron chi connectivity index (χ4n) is 0.585. The van der Waals surface area contributed by atoms with Crippen molar-refractivity contribution in [2.24, 2.45) is 5.92 Å². The zero-order valence-electron chi connectivity index (χ0n) is 8.04. The fraction of sp³-hybridized carbons (Fsp3) is 0.778. The second-order valence-corrected chi connectivity index (χ2v) is 4.72. The highest BCUT2D eigenvalue weighted by Crippen LogP contribution is 2.02. The molecule has 0 aromatic carbocycles. The Bertz CT molecular complexity index is 153. The SMILES string of the molecule is CCC=[SH]C(=S)OCCC(C)C. The van der Waals surface area contributed by atoms with Crippen LogP contribution in [0.25, 0.3) is 0 Å². The van der Waals surface area contributed by atoms with Gasteiger partial charge in [0.05, 0.1) is 6.61 Å². The molecule has 0 heterocycles. The zero-order chi connectivity index (χ0) is 9.40. The number of hydrogen-bond acceptors (Lipinski definition) is 2. The molecule has 0 unspecified atom stereocenters. The predicted octanol–water partition coefficient (Wildman–Crippen LogP) is 3.01. The van der Waals surface area contributed by atoms with Crippen molar-refractivity contribution in [1.82, 2.24) is 0 Å². The van der Waals surface area contributed by atoms with E-state index in [9.17, 15) is 0 Å². The molecule has 0 aliphatic heterocycles. The van der Waals surface area contributed by atoms with Gasteiger partial charge in [0.2, 0.25) is 4.38 Å². The molecule has 3 heteroatoms. The third kappa shape index (κ3) is 8.21. The molecule has 0 fully saturated rings. The van der Waals surface area contributed by atoms with Crippen LogP contribution in [0.5, 0.6) is 0 Å². The van der Waals surface area contributed by atoms with E-state index in [-0.39, 0.29) is 0 Å². The van der Waals surface area contributed by atoms with Gasteiger partial charge in [-0.2, -0.15) is 0 Å². The van der Waals surface area contributed by atoms with Gasteiger partial charge in [-0.25, -0.2) is 0 Å². The van der Waals surface area contributed by atoms with Crippen LogP contribution in [0, 0.1) is 5.92 Å². The van der Waals surface area contributed by atoms with E-state index in [0.717, 1.165) is 30.8 Å². The molecule has 0 atom stereocenters. The molecule has 0 aromatic rings. The lowest BCUT2D eigenvalue weighted by molar-refractivity contribution is 0.292. The van der Waals surface area contributed by atoms with E-state index in [4.69, 9.17) is 17.0 Å². The minimum Gasteiger partial charge on any atom is -0.479 e. The van der Waals surface area contributed by atoms with E-state index < -0.39 is 0 Å². The highest BCUT2D eigenvalue weighted by molar-refractivity contribution is 8.21. The van der Waals surface area contributed by atoms with Gasteiger partial charge in [-0.15, -0.1) is 11.4 Å². The molecule has 0 amide bonds. The summed E-state index contributed by atoms with van der Waals surface area (Å²) in [7, 11) is 0. The Labute approximate surface area is 84.5 Å². The van der Waals surface area contributed by atoms with Crippen LogP contribution in [-0.4, -0.2) is 16.4 Å². The number of ether oxygens (including phenoxy) is 1. The third-order valence-corrected chi connectivity index (χ3v) is 2.62. The fourth-order valence-corrected chi connectivity index (χ4v) is 1.39. The van der Waals surface area contributed by atoms with Crippen LogP contribution >= 0.6 is 23.6 Å². The van der Waals surface area contributed by atoms with E-state index >= 15 is 0 Å². The third-order valence-electron chi connectivity index (χ3n) is 1.30. The van der Waals surface area contributed by atoms with E-state index in [2.05, 4.69) is 26.1 Å². The first kappa shape index (κ1) is 12.1. The van der Waals surface area contributed by atoms with Crippen molar-refractivity contribution in [3.05, 3.63) is 0 Å². The highest BCUT2D eigenvalue weighted by atomic mass is 32.2. The molecule has 0 aliphatic carbocycles. The molecular formula is C9H18OS2. The maximum Gasteiger partial charge on any atom is 0.211 e. The molecule has 0 aliphatic rings. The van der Waals surface area contributed by atoms with Crippen LogP contribution in [0.1, 0.15) is 33.6 Å². The number of rotatable bonds is 4. The molecule has 0 bridgehead atoms. The van der Waals surface area contributed by atoms with E-state index in [1.54, 1.807) is 0 Å².